The van der Waals surface area contributed by atoms with E-state index in [1.54, 1.807) is 0 Å². The first-order valence-corrected chi connectivity index (χ1v) is 7.40. The Morgan fingerprint density at radius 3 is 2.94 bits per heavy atom. The summed E-state index contributed by atoms with van der Waals surface area (Å²) >= 11 is 4.94. The molecule has 3 nitrogen and oxygen atoms in total. The van der Waals surface area contributed by atoms with Gasteiger partial charge in [0.1, 0.15) is 0 Å². The third-order valence-electron chi connectivity index (χ3n) is 3.27. The molecular weight excluding hydrogens is 300 g/mol. The standard InChI is InChI=1S/C12H17BrN2OS/c1-14-4-5-15(2)9(8-14)7-11(16)12-10(13)3-6-17-12/h3,6,9H,4-5,7-8H2,1-2H3. The minimum absolute atomic E-state index is 0.249. The van der Waals surface area contributed by atoms with Crippen molar-refractivity contribution in [3.8, 4) is 0 Å². The minimum Gasteiger partial charge on any atom is -0.304 e. The molecule has 0 radical (unpaired) electrons. The first kappa shape index (κ1) is 13.2. The Morgan fingerprint density at radius 1 is 1.53 bits per heavy atom. The number of rotatable bonds is 3. The summed E-state index contributed by atoms with van der Waals surface area (Å²) in [7, 11) is 4.22. The highest BCUT2D eigenvalue weighted by Crippen LogP contribution is 2.25. The molecule has 1 aliphatic heterocycles. The Labute approximate surface area is 115 Å². The van der Waals surface area contributed by atoms with E-state index in [2.05, 4.69) is 39.8 Å². The van der Waals surface area contributed by atoms with Gasteiger partial charge in [-0.2, -0.15) is 0 Å². The SMILES string of the molecule is CN1CCN(C)C(CC(=O)c2sccc2Br)C1. The van der Waals surface area contributed by atoms with Gasteiger partial charge in [-0.3, -0.25) is 4.79 Å². The summed E-state index contributed by atoms with van der Waals surface area (Å²) in [6.07, 6.45) is 0.611. The second kappa shape index (κ2) is 5.61. The first-order chi connectivity index (χ1) is 8.08. The van der Waals surface area contributed by atoms with Crippen LogP contribution in [0, 0.1) is 0 Å². The number of likely N-dealkylation sites (N-methyl/N-ethyl adjacent to an activating group) is 2. The molecule has 0 saturated carbocycles. The van der Waals surface area contributed by atoms with Gasteiger partial charge in [-0.1, -0.05) is 0 Å². The fraction of sp³-hybridized carbons (Fsp3) is 0.583. The topological polar surface area (TPSA) is 23.6 Å². The van der Waals surface area contributed by atoms with Gasteiger partial charge in [-0.05, 0) is 41.5 Å². The monoisotopic (exact) mass is 316 g/mol. The summed E-state index contributed by atoms with van der Waals surface area (Å²) in [4.78, 5) is 17.6. The summed E-state index contributed by atoms with van der Waals surface area (Å²) in [6.45, 7) is 3.11. The quantitative estimate of drug-likeness (QED) is 0.800. The van der Waals surface area contributed by atoms with E-state index in [9.17, 15) is 4.79 Å². The number of halogens is 1. The summed E-state index contributed by atoms with van der Waals surface area (Å²) in [5, 5.41) is 1.95. The molecular formula is C12H17BrN2OS. The summed E-state index contributed by atoms with van der Waals surface area (Å²) in [6, 6.07) is 2.28. The Kier molecular flexibility index (Phi) is 4.36. The molecule has 1 unspecified atom stereocenters. The lowest BCUT2D eigenvalue weighted by molar-refractivity contribution is 0.0813. The zero-order valence-electron chi connectivity index (χ0n) is 10.1. The van der Waals surface area contributed by atoms with Crippen LogP contribution < -0.4 is 0 Å². The third kappa shape index (κ3) is 3.16. The molecule has 0 spiro atoms. The molecule has 1 aromatic heterocycles. The zero-order chi connectivity index (χ0) is 12.4. The molecule has 1 saturated heterocycles. The Morgan fingerprint density at radius 2 is 2.29 bits per heavy atom. The number of hydrogen-bond acceptors (Lipinski definition) is 4. The van der Waals surface area contributed by atoms with Crippen LogP contribution in [0.25, 0.3) is 0 Å². The van der Waals surface area contributed by atoms with Crippen molar-refractivity contribution >= 4 is 33.0 Å². The van der Waals surface area contributed by atoms with E-state index >= 15 is 0 Å². The number of nitrogens with zero attached hydrogens (tertiary/aromatic N) is 2. The van der Waals surface area contributed by atoms with Crippen LogP contribution in [0.4, 0.5) is 0 Å². The first-order valence-electron chi connectivity index (χ1n) is 5.73. The second-order valence-corrected chi connectivity index (χ2v) is 6.39. The molecule has 0 aromatic carbocycles. The number of hydrogen-bond donors (Lipinski definition) is 0. The van der Waals surface area contributed by atoms with Crippen LogP contribution in [-0.2, 0) is 0 Å². The van der Waals surface area contributed by atoms with Crippen LogP contribution in [0.3, 0.4) is 0 Å². The van der Waals surface area contributed by atoms with Gasteiger partial charge in [-0.15, -0.1) is 11.3 Å². The van der Waals surface area contributed by atoms with Gasteiger partial charge < -0.3 is 9.80 Å². The van der Waals surface area contributed by atoms with Crippen molar-refractivity contribution in [2.45, 2.75) is 12.5 Å². The van der Waals surface area contributed by atoms with Crippen LogP contribution in [0.5, 0.6) is 0 Å². The molecule has 5 heteroatoms. The molecule has 2 rings (SSSR count). The molecule has 0 bridgehead atoms. The van der Waals surface area contributed by atoms with Gasteiger partial charge in [0, 0.05) is 36.6 Å². The number of ketones is 1. The van der Waals surface area contributed by atoms with Crippen molar-refractivity contribution in [3.63, 3.8) is 0 Å². The fourth-order valence-corrected chi connectivity index (χ4v) is 3.67. The van der Waals surface area contributed by atoms with Gasteiger partial charge >= 0.3 is 0 Å². The van der Waals surface area contributed by atoms with Crippen molar-refractivity contribution in [1.82, 2.24) is 9.80 Å². The van der Waals surface area contributed by atoms with Gasteiger partial charge in [0.2, 0.25) is 0 Å². The molecule has 2 heterocycles. The molecule has 1 atom stereocenters. The Bertz CT molecular complexity index is 407. The molecule has 1 aliphatic rings. The summed E-state index contributed by atoms with van der Waals surface area (Å²) in [5.74, 6) is 0.249. The van der Waals surface area contributed by atoms with Crippen molar-refractivity contribution < 1.29 is 4.79 Å². The van der Waals surface area contributed by atoms with Crippen LogP contribution in [0.2, 0.25) is 0 Å². The lowest BCUT2D eigenvalue weighted by Gasteiger charge is -2.37. The minimum atomic E-state index is 0.249. The largest absolute Gasteiger partial charge is 0.304 e. The average molecular weight is 317 g/mol. The number of carbonyl (C=O) groups excluding carboxylic acids is 1. The maximum absolute atomic E-state index is 12.2. The van der Waals surface area contributed by atoms with E-state index in [1.165, 1.54) is 11.3 Å². The van der Waals surface area contributed by atoms with Crippen molar-refractivity contribution in [1.29, 1.82) is 0 Å². The number of Topliss-reactive ketones (excluding diaryl/α,β-unsaturated/α-hetero) is 1. The molecule has 1 fully saturated rings. The van der Waals surface area contributed by atoms with Gasteiger partial charge in [0.05, 0.1) is 4.88 Å². The highest BCUT2D eigenvalue weighted by atomic mass is 79.9. The predicted molar refractivity (Wildman–Crippen MR) is 74.9 cm³/mol. The normalized spacial score (nSPS) is 22.9. The van der Waals surface area contributed by atoms with Crippen molar-refractivity contribution in [2.75, 3.05) is 33.7 Å². The smallest absolute Gasteiger partial charge is 0.175 e. The van der Waals surface area contributed by atoms with E-state index in [4.69, 9.17) is 0 Å². The van der Waals surface area contributed by atoms with E-state index in [0.717, 1.165) is 29.0 Å². The van der Waals surface area contributed by atoms with Gasteiger partial charge in [0.25, 0.3) is 0 Å². The molecule has 0 amide bonds. The van der Waals surface area contributed by atoms with Crippen molar-refractivity contribution in [2.24, 2.45) is 0 Å². The predicted octanol–water partition coefficient (Wildman–Crippen LogP) is 2.33. The maximum atomic E-state index is 12.2. The molecule has 94 valence electrons. The molecule has 17 heavy (non-hydrogen) atoms. The van der Waals surface area contributed by atoms with Crippen LogP contribution in [0.15, 0.2) is 15.9 Å². The Balaban J connectivity index is 2.01. The molecule has 0 N–H and O–H groups in total. The number of carbonyl (C=O) groups is 1. The van der Waals surface area contributed by atoms with Gasteiger partial charge in [0.15, 0.2) is 5.78 Å². The van der Waals surface area contributed by atoms with Crippen LogP contribution in [-0.4, -0.2) is 55.4 Å². The third-order valence-corrected chi connectivity index (χ3v) is 5.15. The van der Waals surface area contributed by atoms with E-state index in [0.29, 0.717) is 12.5 Å². The van der Waals surface area contributed by atoms with E-state index in [-0.39, 0.29) is 5.78 Å². The van der Waals surface area contributed by atoms with Gasteiger partial charge in [-0.25, -0.2) is 0 Å². The van der Waals surface area contributed by atoms with E-state index < -0.39 is 0 Å². The number of piperazine rings is 1. The number of thiophene rings is 1. The summed E-state index contributed by atoms with van der Waals surface area (Å²) < 4.78 is 0.930. The maximum Gasteiger partial charge on any atom is 0.175 e. The zero-order valence-corrected chi connectivity index (χ0v) is 12.6. The highest BCUT2D eigenvalue weighted by molar-refractivity contribution is 9.10. The summed E-state index contributed by atoms with van der Waals surface area (Å²) in [5.41, 5.74) is 0. The molecule has 1 aromatic rings. The van der Waals surface area contributed by atoms with Crippen molar-refractivity contribution in [3.05, 3.63) is 20.8 Å². The van der Waals surface area contributed by atoms with E-state index in [1.807, 2.05) is 11.4 Å². The second-order valence-electron chi connectivity index (χ2n) is 4.62. The Hall–Kier alpha value is -0.230. The lowest BCUT2D eigenvalue weighted by atomic mass is 10.1. The average Bonchev–Trinajstić information content (AvgIpc) is 2.70. The fourth-order valence-electron chi connectivity index (χ4n) is 2.12. The highest BCUT2D eigenvalue weighted by Gasteiger charge is 2.25. The van der Waals surface area contributed by atoms with Crippen LogP contribution in [0.1, 0.15) is 16.1 Å². The molecule has 0 aliphatic carbocycles. The van der Waals surface area contributed by atoms with Crippen LogP contribution >= 0.6 is 27.3 Å². The lowest BCUT2D eigenvalue weighted by Crippen LogP contribution is -2.50.